The van der Waals surface area contributed by atoms with E-state index in [9.17, 15) is 0 Å². The fraction of sp³-hybridized carbons (Fsp3) is 0.667. The van der Waals surface area contributed by atoms with Gasteiger partial charge >= 0.3 is 0 Å². The first-order valence-corrected chi connectivity index (χ1v) is 9.10. The highest BCUT2D eigenvalue weighted by Crippen LogP contribution is 2.37. The lowest BCUT2D eigenvalue weighted by molar-refractivity contribution is 0.346. The molecule has 25 heavy (non-hydrogen) atoms. The summed E-state index contributed by atoms with van der Waals surface area (Å²) in [5.41, 5.74) is 1.03. The van der Waals surface area contributed by atoms with Gasteiger partial charge in [-0.2, -0.15) is 0 Å². The molecule has 0 bridgehead atoms. The van der Waals surface area contributed by atoms with Gasteiger partial charge in [0, 0.05) is 37.2 Å². The SMILES string of the molecule is CCCc1nc(C)cc(NC2CC(c3nnc(CN(C)C)n3C)C2)n1. The molecule has 2 heterocycles. The van der Waals surface area contributed by atoms with E-state index in [1.165, 1.54) is 0 Å². The molecule has 1 fully saturated rings. The molecule has 3 rings (SSSR count). The Morgan fingerprint density at radius 3 is 2.68 bits per heavy atom. The van der Waals surface area contributed by atoms with Gasteiger partial charge in [-0.1, -0.05) is 6.92 Å². The molecule has 7 heteroatoms. The quantitative estimate of drug-likeness (QED) is 0.832. The summed E-state index contributed by atoms with van der Waals surface area (Å²) < 4.78 is 2.15. The summed E-state index contributed by atoms with van der Waals surface area (Å²) in [5, 5.41) is 12.3. The molecule has 0 aliphatic heterocycles. The Bertz CT molecular complexity index is 716. The zero-order valence-corrected chi connectivity index (χ0v) is 16.0. The van der Waals surface area contributed by atoms with Crippen LogP contribution in [-0.4, -0.2) is 49.8 Å². The van der Waals surface area contributed by atoms with Gasteiger partial charge in [-0.15, -0.1) is 10.2 Å². The molecule has 0 aromatic carbocycles. The molecule has 1 aliphatic rings. The Kier molecular flexibility index (Phi) is 5.32. The van der Waals surface area contributed by atoms with Gasteiger partial charge in [0.15, 0.2) is 0 Å². The number of hydrogen-bond acceptors (Lipinski definition) is 6. The Hall–Kier alpha value is -2.02. The van der Waals surface area contributed by atoms with E-state index >= 15 is 0 Å². The number of anilines is 1. The number of nitrogens with zero attached hydrogens (tertiary/aromatic N) is 6. The summed E-state index contributed by atoms with van der Waals surface area (Å²) in [5.74, 6) is 4.48. The Labute approximate surface area is 149 Å². The molecule has 136 valence electrons. The number of nitrogens with one attached hydrogen (secondary N) is 1. The minimum Gasteiger partial charge on any atom is -0.367 e. The van der Waals surface area contributed by atoms with Crippen molar-refractivity contribution >= 4 is 5.82 Å². The summed E-state index contributed by atoms with van der Waals surface area (Å²) in [6.07, 6.45) is 4.13. The lowest BCUT2D eigenvalue weighted by Gasteiger charge is -2.35. The van der Waals surface area contributed by atoms with E-state index in [0.717, 1.165) is 61.2 Å². The second-order valence-corrected chi connectivity index (χ2v) is 7.34. The third-order valence-corrected chi connectivity index (χ3v) is 4.69. The van der Waals surface area contributed by atoms with Gasteiger partial charge in [0.1, 0.15) is 23.3 Å². The van der Waals surface area contributed by atoms with Gasteiger partial charge in [0.05, 0.1) is 6.54 Å². The van der Waals surface area contributed by atoms with Crippen molar-refractivity contribution in [1.29, 1.82) is 0 Å². The van der Waals surface area contributed by atoms with Gasteiger partial charge in [0.25, 0.3) is 0 Å². The maximum atomic E-state index is 4.64. The normalized spacial score (nSPS) is 19.9. The molecular formula is C18H29N7. The van der Waals surface area contributed by atoms with E-state index in [-0.39, 0.29) is 0 Å². The van der Waals surface area contributed by atoms with Crippen molar-refractivity contribution in [3.05, 3.63) is 29.2 Å². The second-order valence-electron chi connectivity index (χ2n) is 7.34. The average molecular weight is 343 g/mol. The first-order chi connectivity index (χ1) is 12.0. The summed E-state index contributed by atoms with van der Waals surface area (Å²) in [6, 6.07) is 2.48. The largest absolute Gasteiger partial charge is 0.367 e. The Morgan fingerprint density at radius 2 is 2.00 bits per heavy atom. The van der Waals surface area contributed by atoms with Gasteiger partial charge in [0.2, 0.25) is 0 Å². The minimum atomic E-state index is 0.447. The van der Waals surface area contributed by atoms with Crippen LogP contribution in [0.4, 0.5) is 5.82 Å². The average Bonchev–Trinajstić information content (AvgIpc) is 2.83. The molecular weight excluding hydrogens is 314 g/mol. The van der Waals surface area contributed by atoms with Crippen LogP contribution in [0.5, 0.6) is 0 Å². The van der Waals surface area contributed by atoms with Gasteiger partial charge in [-0.05, 0) is 40.3 Å². The van der Waals surface area contributed by atoms with Crippen molar-refractivity contribution in [2.24, 2.45) is 7.05 Å². The summed E-state index contributed by atoms with van der Waals surface area (Å²) >= 11 is 0. The fourth-order valence-corrected chi connectivity index (χ4v) is 3.35. The van der Waals surface area contributed by atoms with Crippen LogP contribution in [0.1, 0.15) is 55.3 Å². The molecule has 7 nitrogen and oxygen atoms in total. The summed E-state index contributed by atoms with van der Waals surface area (Å²) in [4.78, 5) is 11.3. The van der Waals surface area contributed by atoms with Crippen LogP contribution in [0.2, 0.25) is 0 Å². The molecule has 0 amide bonds. The van der Waals surface area contributed by atoms with E-state index < -0.39 is 0 Å². The molecule has 2 aromatic heterocycles. The molecule has 1 aliphatic carbocycles. The molecule has 0 unspecified atom stereocenters. The van der Waals surface area contributed by atoms with Crippen LogP contribution in [0.15, 0.2) is 6.07 Å². The van der Waals surface area contributed by atoms with Crippen molar-refractivity contribution < 1.29 is 0 Å². The highest BCUT2D eigenvalue weighted by atomic mass is 15.3. The zero-order chi connectivity index (χ0) is 18.0. The first-order valence-electron chi connectivity index (χ1n) is 9.10. The topological polar surface area (TPSA) is 71.8 Å². The molecule has 1 saturated carbocycles. The van der Waals surface area contributed by atoms with Crippen molar-refractivity contribution in [1.82, 2.24) is 29.6 Å². The van der Waals surface area contributed by atoms with Crippen molar-refractivity contribution in [3.63, 3.8) is 0 Å². The van der Waals surface area contributed by atoms with Gasteiger partial charge < -0.3 is 14.8 Å². The molecule has 2 aromatic rings. The lowest BCUT2D eigenvalue weighted by atomic mass is 9.79. The monoisotopic (exact) mass is 343 g/mol. The highest BCUT2D eigenvalue weighted by molar-refractivity contribution is 5.38. The molecule has 0 spiro atoms. The third kappa shape index (κ3) is 4.15. The fourth-order valence-electron chi connectivity index (χ4n) is 3.35. The van der Waals surface area contributed by atoms with Crippen LogP contribution >= 0.6 is 0 Å². The van der Waals surface area contributed by atoms with E-state index in [4.69, 9.17) is 0 Å². The van der Waals surface area contributed by atoms with Crippen molar-refractivity contribution in [2.45, 2.75) is 58.0 Å². The van der Waals surface area contributed by atoms with E-state index in [1.807, 2.05) is 27.1 Å². The Balaban J connectivity index is 1.59. The van der Waals surface area contributed by atoms with E-state index in [2.05, 4.69) is 48.9 Å². The van der Waals surface area contributed by atoms with Crippen LogP contribution in [0.3, 0.4) is 0 Å². The van der Waals surface area contributed by atoms with Crippen LogP contribution in [0.25, 0.3) is 0 Å². The number of aryl methyl sites for hydroxylation is 2. The first kappa shape index (κ1) is 17.8. The van der Waals surface area contributed by atoms with Gasteiger partial charge in [-0.3, -0.25) is 0 Å². The smallest absolute Gasteiger partial charge is 0.146 e. The Morgan fingerprint density at radius 1 is 1.24 bits per heavy atom. The predicted octanol–water partition coefficient (Wildman–Crippen LogP) is 2.29. The zero-order valence-electron chi connectivity index (χ0n) is 16.0. The van der Waals surface area contributed by atoms with Gasteiger partial charge in [-0.25, -0.2) is 9.97 Å². The summed E-state index contributed by atoms with van der Waals surface area (Å²) in [6.45, 7) is 5.00. The standard InChI is InChI=1S/C18H29N7/c1-6-7-15-19-12(2)8-16(21-15)20-14-9-13(10-14)18-23-22-17(25(18)5)11-24(3)4/h8,13-14H,6-7,9-11H2,1-5H3,(H,19,20,21). The molecule has 0 saturated heterocycles. The number of rotatable bonds is 7. The maximum absolute atomic E-state index is 4.64. The van der Waals surface area contributed by atoms with Crippen LogP contribution in [-0.2, 0) is 20.0 Å². The highest BCUT2D eigenvalue weighted by Gasteiger charge is 2.34. The second kappa shape index (κ2) is 7.47. The maximum Gasteiger partial charge on any atom is 0.146 e. The molecule has 0 radical (unpaired) electrons. The van der Waals surface area contributed by atoms with Crippen molar-refractivity contribution in [3.8, 4) is 0 Å². The van der Waals surface area contributed by atoms with Crippen molar-refractivity contribution in [2.75, 3.05) is 19.4 Å². The number of hydrogen-bond donors (Lipinski definition) is 1. The molecule has 1 N–H and O–H groups in total. The van der Waals surface area contributed by atoms with E-state index in [1.54, 1.807) is 0 Å². The number of aromatic nitrogens is 5. The third-order valence-electron chi connectivity index (χ3n) is 4.69. The molecule has 0 atom stereocenters. The predicted molar refractivity (Wildman–Crippen MR) is 98.5 cm³/mol. The van der Waals surface area contributed by atoms with E-state index in [0.29, 0.717) is 12.0 Å². The summed E-state index contributed by atoms with van der Waals surface area (Å²) in [7, 11) is 6.17. The minimum absolute atomic E-state index is 0.447. The lowest BCUT2D eigenvalue weighted by Crippen LogP contribution is -2.35. The van der Waals surface area contributed by atoms with Crippen LogP contribution in [0, 0.1) is 6.92 Å². The van der Waals surface area contributed by atoms with Crippen LogP contribution < -0.4 is 5.32 Å².